The molecular formula is C14H20N2O3. The second kappa shape index (κ2) is 6.54. The molecule has 1 fully saturated rings. The first-order valence-corrected chi connectivity index (χ1v) is 6.49. The molecule has 5 nitrogen and oxygen atoms in total. The molecule has 0 bridgehead atoms. The summed E-state index contributed by atoms with van der Waals surface area (Å²) in [5.74, 6) is 0.742. The van der Waals surface area contributed by atoms with Gasteiger partial charge in [0.2, 0.25) is 5.91 Å². The van der Waals surface area contributed by atoms with Crippen LogP contribution in [0.2, 0.25) is 0 Å². The van der Waals surface area contributed by atoms with E-state index in [4.69, 9.17) is 15.2 Å². The van der Waals surface area contributed by atoms with Crippen LogP contribution in [0.4, 0.5) is 0 Å². The van der Waals surface area contributed by atoms with Crippen LogP contribution in [0.25, 0.3) is 0 Å². The summed E-state index contributed by atoms with van der Waals surface area (Å²) in [6.45, 7) is 0.970. The highest BCUT2D eigenvalue weighted by atomic mass is 16.5. The van der Waals surface area contributed by atoms with Crippen LogP contribution in [0.5, 0.6) is 5.75 Å². The minimum atomic E-state index is -0.355. The van der Waals surface area contributed by atoms with E-state index in [-0.39, 0.29) is 18.1 Å². The molecule has 1 aromatic rings. The second-order valence-corrected chi connectivity index (χ2v) is 4.63. The van der Waals surface area contributed by atoms with Gasteiger partial charge in [-0.15, -0.1) is 0 Å². The van der Waals surface area contributed by atoms with E-state index in [1.54, 1.807) is 7.11 Å². The van der Waals surface area contributed by atoms with Crippen molar-refractivity contribution in [2.24, 2.45) is 5.73 Å². The minimum absolute atomic E-state index is 0.0248. The van der Waals surface area contributed by atoms with Crippen molar-refractivity contribution >= 4 is 5.91 Å². The number of ether oxygens (including phenoxy) is 2. The first-order chi connectivity index (χ1) is 9.22. The number of nitrogens with two attached hydrogens (primary N) is 1. The highest BCUT2D eigenvalue weighted by molar-refractivity contribution is 5.81. The fourth-order valence-corrected chi connectivity index (χ4v) is 2.12. The van der Waals surface area contributed by atoms with Gasteiger partial charge in [-0.3, -0.25) is 4.79 Å². The van der Waals surface area contributed by atoms with Crippen LogP contribution in [0.1, 0.15) is 18.4 Å². The van der Waals surface area contributed by atoms with Gasteiger partial charge in [0.25, 0.3) is 0 Å². The fourth-order valence-electron chi connectivity index (χ4n) is 2.12. The Hall–Kier alpha value is -1.59. The van der Waals surface area contributed by atoms with E-state index >= 15 is 0 Å². The lowest BCUT2D eigenvalue weighted by Gasteiger charge is -2.12. The Morgan fingerprint density at radius 1 is 1.42 bits per heavy atom. The maximum atomic E-state index is 11.9. The number of hydrogen-bond acceptors (Lipinski definition) is 4. The zero-order valence-electron chi connectivity index (χ0n) is 11.1. The topological polar surface area (TPSA) is 73.6 Å². The third-order valence-electron chi connectivity index (χ3n) is 3.29. The highest BCUT2D eigenvalue weighted by Crippen LogP contribution is 2.19. The number of hydrogen-bond donors (Lipinski definition) is 2. The molecule has 2 atom stereocenters. The van der Waals surface area contributed by atoms with Crippen molar-refractivity contribution in [2.45, 2.75) is 31.6 Å². The molecule has 1 saturated heterocycles. The van der Waals surface area contributed by atoms with Gasteiger partial charge in [-0.05, 0) is 30.5 Å². The SMILES string of the molecule is COc1ccc(CNC(=O)[C@@H]2CC[C@H](CN)O2)cc1. The molecule has 1 aliphatic heterocycles. The lowest BCUT2D eigenvalue weighted by atomic mass is 10.1. The third-order valence-corrected chi connectivity index (χ3v) is 3.29. The molecule has 0 aliphatic carbocycles. The van der Waals surface area contributed by atoms with E-state index in [9.17, 15) is 4.79 Å². The number of carbonyl (C=O) groups is 1. The van der Waals surface area contributed by atoms with Gasteiger partial charge in [-0.25, -0.2) is 0 Å². The van der Waals surface area contributed by atoms with Crippen molar-refractivity contribution in [3.05, 3.63) is 29.8 Å². The second-order valence-electron chi connectivity index (χ2n) is 4.63. The number of benzene rings is 1. The van der Waals surface area contributed by atoms with Crippen LogP contribution < -0.4 is 15.8 Å². The number of carbonyl (C=O) groups excluding carboxylic acids is 1. The van der Waals surface area contributed by atoms with Crippen molar-refractivity contribution < 1.29 is 14.3 Å². The molecule has 2 rings (SSSR count). The lowest BCUT2D eigenvalue weighted by molar-refractivity contribution is -0.132. The van der Waals surface area contributed by atoms with E-state index in [0.717, 1.165) is 24.2 Å². The van der Waals surface area contributed by atoms with Gasteiger partial charge < -0.3 is 20.5 Å². The molecule has 3 N–H and O–H groups in total. The zero-order valence-corrected chi connectivity index (χ0v) is 11.1. The van der Waals surface area contributed by atoms with Crippen molar-refractivity contribution in [1.29, 1.82) is 0 Å². The molecule has 1 heterocycles. The van der Waals surface area contributed by atoms with Crippen LogP contribution in [-0.2, 0) is 16.1 Å². The number of methoxy groups -OCH3 is 1. The summed E-state index contributed by atoms with van der Waals surface area (Å²) < 4.78 is 10.6. The van der Waals surface area contributed by atoms with Gasteiger partial charge in [0.1, 0.15) is 11.9 Å². The third kappa shape index (κ3) is 3.68. The van der Waals surface area contributed by atoms with Crippen molar-refractivity contribution in [3.63, 3.8) is 0 Å². The van der Waals surface area contributed by atoms with Crippen LogP contribution in [0.3, 0.4) is 0 Å². The van der Waals surface area contributed by atoms with Gasteiger partial charge >= 0.3 is 0 Å². The van der Waals surface area contributed by atoms with Gasteiger partial charge in [-0.2, -0.15) is 0 Å². The molecule has 19 heavy (non-hydrogen) atoms. The van der Waals surface area contributed by atoms with Gasteiger partial charge in [0.15, 0.2) is 0 Å². The molecule has 0 unspecified atom stereocenters. The van der Waals surface area contributed by atoms with Crippen LogP contribution >= 0.6 is 0 Å². The standard InChI is InChI=1S/C14H20N2O3/c1-18-11-4-2-10(3-5-11)9-16-14(17)13-7-6-12(8-15)19-13/h2-5,12-13H,6-9,15H2,1H3,(H,16,17)/t12-,13+/m1/s1. The quantitative estimate of drug-likeness (QED) is 0.825. The zero-order chi connectivity index (χ0) is 13.7. The fraction of sp³-hybridized carbons (Fsp3) is 0.500. The van der Waals surface area contributed by atoms with Crippen molar-refractivity contribution in [1.82, 2.24) is 5.32 Å². The van der Waals surface area contributed by atoms with E-state index < -0.39 is 0 Å². The predicted octanol–water partition coefficient (Wildman–Crippen LogP) is 0.818. The van der Waals surface area contributed by atoms with Gasteiger partial charge in [-0.1, -0.05) is 12.1 Å². The van der Waals surface area contributed by atoms with Crippen LogP contribution in [-0.4, -0.2) is 31.8 Å². The minimum Gasteiger partial charge on any atom is -0.497 e. The van der Waals surface area contributed by atoms with E-state index in [1.165, 1.54) is 0 Å². The normalized spacial score (nSPS) is 22.2. The Morgan fingerprint density at radius 3 is 2.74 bits per heavy atom. The van der Waals surface area contributed by atoms with Crippen molar-refractivity contribution in [3.8, 4) is 5.75 Å². The predicted molar refractivity (Wildman–Crippen MR) is 71.8 cm³/mol. The lowest BCUT2D eigenvalue weighted by Crippen LogP contribution is -2.35. The van der Waals surface area contributed by atoms with E-state index in [2.05, 4.69) is 5.32 Å². The summed E-state index contributed by atoms with van der Waals surface area (Å²) in [5.41, 5.74) is 6.55. The van der Waals surface area contributed by atoms with E-state index in [0.29, 0.717) is 13.1 Å². The number of nitrogens with one attached hydrogen (secondary N) is 1. The average molecular weight is 264 g/mol. The Morgan fingerprint density at radius 2 is 2.16 bits per heavy atom. The Labute approximate surface area is 113 Å². The van der Waals surface area contributed by atoms with Crippen LogP contribution in [0.15, 0.2) is 24.3 Å². The molecule has 104 valence electrons. The molecule has 1 aromatic carbocycles. The average Bonchev–Trinajstić information content (AvgIpc) is 2.94. The molecular weight excluding hydrogens is 244 g/mol. The van der Waals surface area contributed by atoms with Gasteiger partial charge in [0.05, 0.1) is 13.2 Å². The Kier molecular flexibility index (Phi) is 4.76. The molecule has 5 heteroatoms. The maximum Gasteiger partial charge on any atom is 0.249 e. The molecule has 0 aromatic heterocycles. The Bertz CT molecular complexity index is 419. The first kappa shape index (κ1) is 13.8. The highest BCUT2D eigenvalue weighted by Gasteiger charge is 2.29. The summed E-state index contributed by atoms with van der Waals surface area (Å²) in [5, 5.41) is 2.88. The maximum absolute atomic E-state index is 11.9. The molecule has 1 amide bonds. The van der Waals surface area contributed by atoms with Crippen LogP contribution in [0, 0.1) is 0 Å². The van der Waals surface area contributed by atoms with Gasteiger partial charge in [0, 0.05) is 13.1 Å². The largest absolute Gasteiger partial charge is 0.497 e. The summed E-state index contributed by atoms with van der Waals surface area (Å²) >= 11 is 0. The molecule has 1 aliphatic rings. The molecule has 0 spiro atoms. The summed E-state index contributed by atoms with van der Waals surface area (Å²) in [6, 6.07) is 7.60. The Balaban J connectivity index is 1.80. The summed E-state index contributed by atoms with van der Waals surface area (Å²) in [7, 11) is 1.63. The first-order valence-electron chi connectivity index (χ1n) is 6.49. The van der Waals surface area contributed by atoms with E-state index in [1.807, 2.05) is 24.3 Å². The molecule has 0 saturated carbocycles. The van der Waals surface area contributed by atoms with Crippen molar-refractivity contribution in [2.75, 3.05) is 13.7 Å². The monoisotopic (exact) mass is 264 g/mol. The number of rotatable bonds is 5. The number of amides is 1. The summed E-state index contributed by atoms with van der Waals surface area (Å²) in [6.07, 6.45) is 1.27. The smallest absolute Gasteiger partial charge is 0.249 e. The summed E-state index contributed by atoms with van der Waals surface area (Å²) in [4.78, 5) is 11.9. The molecule has 0 radical (unpaired) electrons.